The highest BCUT2D eigenvalue weighted by Crippen LogP contribution is 2.47. The number of rotatable bonds is 6. The van der Waals surface area contributed by atoms with Crippen molar-refractivity contribution in [3.8, 4) is 17.6 Å². The topological polar surface area (TPSA) is 42.2 Å². The van der Waals surface area contributed by atoms with Crippen molar-refractivity contribution in [2.75, 3.05) is 0 Å². The summed E-state index contributed by atoms with van der Waals surface area (Å²) < 4.78 is 12.6. The van der Waals surface area contributed by atoms with Gasteiger partial charge in [0.25, 0.3) is 0 Å². The monoisotopic (exact) mass is 361 g/mol. The van der Waals surface area contributed by atoms with Gasteiger partial charge in [-0.3, -0.25) is 0 Å². The molecular weight excluding hydrogens is 334 g/mol. The van der Waals surface area contributed by atoms with Crippen LogP contribution in [0.4, 0.5) is 0 Å². The van der Waals surface area contributed by atoms with Crippen LogP contribution in [0.15, 0.2) is 36.4 Å². The Bertz CT molecular complexity index is 889. The Labute approximate surface area is 162 Å². The molecule has 0 saturated heterocycles. The summed E-state index contributed by atoms with van der Waals surface area (Å²) in [6.45, 7) is 9.03. The van der Waals surface area contributed by atoms with Crippen LogP contribution < -0.4 is 9.47 Å². The second kappa shape index (κ2) is 7.88. The first-order chi connectivity index (χ1) is 13.0. The molecule has 1 aliphatic heterocycles. The number of nitriles is 1. The molecule has 0 saturated carbocycles. The molecule has 0 aromatic heterocycles. The van der Waals surface area contributed by atoms with Gasteiger partial charge >= 0.3 is 0 Å². The van der Waals surface area contributed by atoms with Gasteiger partial charge in [0.1, 0.15) is 23.7 Å². The molecule has 0 unspecified atom stereocenters. The molecule has 0 aliphatic carbocycles. The smallest absolute Gasteiger partial charge is 0.131 e. The van der Waals surface area contributed by atoms with Crippen LogP contribution in [-0.4, -0.2) is 5.60 Å². The minimum absolute atomic E-state index is 0.246. The number of nitrogens with zero attached hydrogens (tertiary/aromatic N) is 1. The zero-order valence-electron chi connectivity index (χ0n) is 16.6. The number of hydrogen-bond donors (Lipinski definition) is 0. The van der Waals surface area contributed by atoms with Crippen molar-refractivity contribution in [2.45, 2.75) is 59.2 Å². The standard InChI is InChI=1S/C24H27NO2/c1-5-10-19-20(13-9-14-25)23-21(15-24(3,4)27-23)17(2)22(19)26-16-18-11-7-6-8-12-18/h6-9,11-13H,5,10,15-16H2,1-4H3. The quantitative estimate of drug-likeness (QED) is 0.613. The fourth-order valence-corrected chi connectivity index (χ4v) is 3.74. The predicted octanol–water partition coefficient (Wildman–Crippen LogP) is 5.78. The Balaban J connectivity index is 2.11. The molecule has 3 nitrogen and oxygen atoms in total. The molecule has 3 heteroatoms. The van der Waals surface area contributed by atoms with Crippen molar-refractivity contribution in [2.24, 2.45) is 0 Å². The van der Waals surface area contributed by atoms with Gasteiger partial charge < -0.3 is 9.47 Å². The predicted molar refractivity (Wildman–Crippen MR) is 109 cm³/mol. The number of hydrogen-bond acceptors (Lipinski definition) is 3. The van der Waals surface area contributed by atoms with E-state index in [4.69, 9.17) is 14.7 Å². The van der Waals surface area contributed by atoms with Gasteiger partial charge in [-0.1, -0.05) is 43.7 Å². The highest BCUT2D eigenvalue weighted by Gasteiger charge is 2.35. The maximum atomic E-state index is 9.07. The zero-order chi connectivity index (χ0) is 19.4. The van der Waals surface area contributed by atoms with Crippen molar-refractivity contribution in [1.29, 1.82) is 5.26 Å². The summed E-state index contributed by atoms with van der Waals surface area (Å²) in [7, 11) is 0. The Morgan fingerprint density at radius 2 is 2.00 bits per heavy atom. The molecule has 27 heavy (non-hydrogen) atoms. The van der Waals surface area contributed by atoms with E-state index in [0.29, 0.717) is 6.61 Å². The first kappa shape index (κ1) is 19.0. The zero-order valence-corrected chi connectivity index (χ0v) is 16.6. The average Bonchev–Trinajstić information content (AvgIpc) is 2.98. The van der Waals surface area contributed by atoms with Gasteiger partial charge in [0, 0.05) is 29.2 Å². The average molecular weight is 361 g/mol. The molecule has 0 amide bonds. The van der Waals surface area contributed by atoms with Crippen LogP contribution in [-0.2, 0) is 19.4 Å². The summed E-state index contributed by atoms with van der Waals surface area (Å²) in [6.07, 6.45) is 6.12. The molecular formula is C24H27NO2. The van der Waals surface area contributed by atoms with E-state index in [-0.39, 0.29) is 5.60 Å². The van der Waals surface area contributed by atoms with Crippen LogP contribution in [0.2, 0.25) is 0 Å². The first-order valence-electron chi connectivity index (χ1n) is 9.57. The van der Waals surface area contributed by atoms with Gasteiger partial charge in [0.05, 0.1) is 6.07 Å². The third-order valence-electron chi connectivity index (χ3n) is 4.94. The van der Waals surface area contributed by atoms with Crippen LogP contribution >= 0.6 is 0 Å². The normalized spacial score (nSPS) is 14.6. The van der Waals surface area contributed by atoms with Gasteiger partial charge in [-0.25, -0.2) is 0 Å². The highest BCUT2D eigenvalue weighted by molar-refractivity contribution is 5.72. The summed E-state index contributed by atoms with van der Waals surface area (Å²) in [4.78, 5) is 0. The minimum Gasteiger partial charge on any atom is -0.488 e. The summed E-state index contributed by atoms with van der Waals surface area (Å²) in [6, 6.07) is 12.3. The molecule has 0 N–H and O–H groups in total. The summed E-state index contributed by atoms with van der Waals surface area (Å²) >= 11 is 0. The van der Waals surface area contributed by atoms with E-state index < -0.39 is 0 Å². The van der Waals surface area contributed by atoms with E-state index >= 15 is 0 Å². The lowest BCUT2D eigenvalue weighted by Crippen LogP contribution is -2.24. The van der Waals surface area contributed by atoms with Crippen LogP contribution in [0, 0.1) is 18.3 Å². The molecule has 0 radical (unpaired) electrons. The van der Waals surface area contributed by atoms with Crippen LogP contribution in [0.25, 0.3) is 6.08 Å². The lowest BCUT2D eigenvalue weighted by Gasteiger charge is -2.21. The van der Waals surface area contributed by atoms with Crippen molar-refractivity contribution in [3.05, 3.63) is 64.2 Å². The van der Waals surface area contributed by atoms with Gasteiger partial charge in [0.15, 0.2) is 0 Å². The van der Waals surface area contributed by atoms with E-state index in [2.05, 4.69) is 45.9 Å². The second-order valence-corrected chi connectivity index (χ2v) is 7.68. The third kappa shape index (κ3) is 4.01. The van der Waals surface area contributed by atoms with E-state index in [1.54, 1.807) is 0 Å². The highest BCUT2D eigenvalue weighted by atomic mass is 16.5. The first-order valence-corrected chi connectivity index (χ1v) is 9.57. The molecule has 3 rings (SSSR count). The maximum absolute atomic E-state index is 9.07. The molecule has 1 heterocycles. The van der Waals surface area contributed by atoms with Crippen LogP contribution in [0.5, 0.6) is 11.5 Å². The molecule has 140 valence electrons. The molecule has 0 spiro atoms. The molecule has 0 fully saturated rings. The maximum Gasteiger partial charge on any atom is 0.131 e. The fourth-order valence-electron chi connectivity index (χ4n) is 3.74. The lowest BCUT2D eigenvalue weighted by atomic mass is 9.90. The Morgan fingerprint density at radius 1 is 1.26 bits per heavy atom. The summed E-state index contributed by atoms with van der Waals surface area (Å²) in [5, 5.41) is 9.07. The van der Waals surface area contributed by atoms with Crippen molar-refractivity contribution in [3.63, 3.8) is 0 Å². The summed E-state index contributed by atoms with van der Waals surface area (Å²) in [5.74, 6) is 1.86. The summed E-state index contributed by atoms with van der Waals surface area (Å²) in [5.41, 5.74) is 5.38. The van der Waals surface area contributed by atoms with Gasteiger partial charge in [-0.05, 0) is 44.4 Å². The van der Waals surface area contributed by atoms with Gasteiger partial charge in [-0.15, -0.1) is 0 Å². The van der Waals surface area contributed by atoms with Crippen molar-refractivity contribution in [1.82, 2.24) is 0 Å². The van der Waals surface area contributed by atoms with Crippen LogP contribution in [0.3, 0.4) is 0 Å². The minimum atomic E-state index is -0.246. The second-order valence-electron chi connectivity index (χ2n) is 7.68. The van der Waals surface area contributed by atoms with Gasteiger partial charge in [-0.2, -0.15) is 5.26 Å². The Morgan fingerprint density at radius 3 is 2.67 bits per heavy atom. The molecule has 1 aliphatic rings. The van der Waals surface area contributed by atoms with Crippen molar-refractivity contribution >= 4 is 6.08 Å². The Kier molecular flexibility index (Phi) is 5.56. The fraction of sp³-hybridized carbons (Fsp3) is 0.375. The molecule has 2 aromatic rings. The SMILES string of the molecule is CCCc1c(C=CC#N)c2c(c(C)c1OCc1ccccc1)CC(C)(C)O2. The van der Waals surface area contributed by atoms with Crippen LogP contribution in [0.1, 0.15) is 55.0 Å². The molecule has 2 aromatic carbocycles. The molecule has 0 bridgehead atoms. The third-order valence-corrected chi connectivity index (χ3v) is 4.94. The number of ether oxygens (including phenoxy) is 2. The number of allylic oxidation sites excluding steroid dienone is 1. The van der Waals surface area contributed by atoms with Crippen molar-refractivity contribution < 1.29 is 9.47 Å². The van der Waals surface area contributed by atoms with E-state index in [1.807, 2.05) is 24.3 Å². The van der Waals surface area contributed by atoms with E-state index in [0.717, 1.165) is 53.0 Å². The van der Waals surface area contributed by atoms with E-state index in [9.17, 15) is 0 Å². The van der Waals surface area contributed by atoms with Gasteiger partial charge in [0.2, 0.25) is 0 Å². The Hall–Kier alpha value is -2.73. The van der Waals surface area contributed by atoms with E-state index in [1.165, 1.54) is 11.6 Å². The number of benzene rings is 2. The largest absolute Gasteiger partial charge is 0.488 e. The molecule has 0 atom stereocenters. The lowest BCUT2D eigenvalue weighted by molar-refractivity contribution is 0.138. The number of fused-ring (bicyclic) bond motifs is 1.